The molecule has 0 saturated heterocycles. The molecule has 4 rings (SSSR count). The monoisotopic (exact) mass is 418 g/mol. The molecule has 3 aromatic rings. The second-order valence-electron chi connectivity index (χ2n) is 7.28. The summed E-state index contributed by atoms with van der Waals surface area (Å²) >= 11 is 0. The van der Waals surface area contributed by atoms with Gasteiger partial charge in [0.25, 0.3) is 0 Å². The molecule has 158 valence electrons. The summed E-state index contributed by atoms with van der Waals surface area (Å²) in [6.07, 6.45) is 4.69. The zero-order valence-corrected chi connectivity index (χ0v) is 16.4. The molecule has 30 heavy (non-hydrogen) atoms. The first-order valence-corrected chi connectivity index (χ1v) is 9.86. The predicted octanol–water partition coefficient (Wildman–Crippen LogP) is 3.81. The first kappa shape index (κ1) is 20.2. The number of nitrogens with zero attached hydrogens (tertiary/aromatic N) is 4. The first-order chi connectivity index (χ1) is 14.5. The molecule has 1 aliphatic rings. The Labute approximate surface area is 170 Å². The maximum atomic E-state index is 13.7. The highest BCUT2D eigenvalue weighted by Gasteiger charge is 2.31. The van der Waals surface area contributed by atoms with Gasteiger partial charge in [-0.3, -0.25) is 9.55 Å². The second-order valence-corrected chi connectivity index (χ2v) is 7.28. The van der Waals surface area contributed by atoms with Crippen LogP contribution in [-0.4, -0.2) is 25.9 Å². The van der Waals surface area contributed by atoms with Gasteiger partial charge >= 0.3 is 5.69 Å². The molecule has 0 saturated carbocycles. The minimum Gasteiger partial charge on any atom is -0.490 e. The third-order valence-corrected chi connectivity index (χ3v) is 5.39. The van der Waals surface area contributed by atoms with Crippen LogP contribution in [0.1, 0.15) is 49.7 Å². The maximum absolute atomic E-state index is 13.7. The lowest BCUT2D eigenvalue weighted by Gasteiger charge is -2.16. The SMILES string of the molecule is CC[C@@H](CCOc1ccncc1F)n1nc2n(c1=O)[C@H](c1cc(F)cc(F)c1)CC2. The van der Waals surface area contributed by atoms with E-state index in [1.54, 1.807) is 0 Å². The van der Waals surface area contributed by atoms with Crippen molar-refractivity contribution in [3.05, 3.63) is 76.0 Å². The van der Waals surface area contributed by atoms with Crippen LogP contribution in [0.4, 0.5) is 13.2 Å². The number of ether oxygens (including phenoxy) is 1. The molecule has 0 fully saturated rings. The number of aryl methyl sites for hydroxylation is 1. The van der Waals surface area contributed by atoms with Crippen molar-refractivity contribution in [2.45, 2.75) is 44.7 Å². The van der Waals surface area contributed by atoms with Crippen molar-refractivity contribution in [2.24, 2.45) is 0 Å². The molecular weight excluding hydrogens is 397 g/mol. The van der Waals surface area contributed by atoms with E-state index in [1.807, 2.05) is 6.92 Å². The van der Waals surface area contributed by atoms with Crippen LogP contribution in [0.25, 0.3) is 0 Å². The molecule has 0 aliphatic carbocycles. The van der Waals surface area contributed by atoms with Crippen molar-refractivity contribution in [2.75, 3.05) is 6.61 Å². The number of fused-ring (bicyclic) bond motifs is 1. The van der Waals surface area contributed by atoms with Crippen LogP contribution in [0.15, 0.2) is 41.5 Å². The van der Waals surface area contributed by atoms with Crippen molar-refractivity contribution in [3.63, 3.8) is 0 Å². The Balaban J connectivity index is 1.54. The van der Waals surface area contributed by atoms with Gasteiger partial charge in [0.05, 0.1) is 24.9 Å². The number of benzene rings is 1. The summed E-state index contributed by atoms with van der Waals surface area (Å²) in [4.78, 5) is 16.7. The van der Waals surface area contributed by atoms with E-state index in [1.165, 1.54) is 33.6 Å². The van der Waals surface area contributed by atoms with Crippen molar-refractivity contribution in [1.29, 1.82) is 0 Å². The number of rotatable bonds is 7. The Kier molecular flexibility index (Phi) is 5.61. The van der Waals surface area contributed by atoms with E-state index < -0.39 is 23.5 Å². The molecule has 9 heteroatoms. The maximum Gasteiger partial charge on any atom is 0.346 e. The summed E-state index contributed by atoms with van der Waals surface area (Å²) < 4.78 is 49.4. The summed E-state index contributed by atoms with van der Waals surface area (Å²) in [6, 6.07) is 4.06. The smallest absolute Gasteiger partial charge is 0.346 e. The van der Waals surface area contributed by atoms with Crippen LogP contribution in [0.3, 0.4) is 0 Å². The Bertz CT molecular complexity index is 1090. The average molecular weight is 418 g/mol. The Morgan fingerprint density at radius 1 is 1.23 bits per heavy atom. The predicted molar refractivity (Wildman–Crippen MR) is 103 cm³/mol. The summed E-state index contributed by atoms with van der Waals surface area (Å²) in [5.41, 5.74) is 0.0940. The van der Waals surface area contributed by atoms with Gasteiger partial charge in [-0.05, 0) is 30.5 Å². The largest absolute Gasteiger partial charge is 0.490 e. The van der Waals surface area contributed by atoms with E-state index in [4.69, 9.17) is 4.74 Å². The van der Waals surface area contributed by atoms with Gasteiger partial charge in [-0.25, -0.2) is 22.6 Å². The van der Waals surface area contributed by atoms with Crippen LogP contribution in [-0.2, 0) is 6.42 Å². The fraction of sp³-hybridized carbons (Fsp3) is 0.381. The Morgan fingerprint density at radius 3 is 2.70 bits per heavy atom. The van der Waals surface area contributed by atoms with Gasteiger partial charge in [0.1, 0.15) is 17.5 Å². The molecule has 0 bridgehead atoms. The van der Waals surface area contributed by atoms with E-state index in [0.717, 1.165) is 12.3 Å². The number of hydrogen-bond donors (Lipinski definition) is 0. The minimum absolute atomic E-state index is 0.104. The molecule has 0 radical (unpaired) electrons. The van der Waals surface area contributed by atoms with Crippen LogP contribution in [0, 0.1) is 17.5 Å². The molecular formula is C21H21F3N4O2. The number of aromatic nitrogens is 4. The van der Waals surface area contributed by atoms with Gasteiger partial charge in [0.2, 0.25) is 0 Å². The molecule has 0 amide bonds. The van der Waals surface area contributed by atoms with Crippen LogP contribution < -0.4 is 10.4 Å². The average Bonchev–Trinajstić information content (AvgIpc) is 3.26. The molecule has 1 aliphatic heterocycles. The zero-order valence-electron chi connectivity index (χ0n) is 16.4. The van der Waals surface area contributed by atoms with Gasteiger partial charge in [-0.2, -0.15) is 5.10 Å². The van der Waals surface area contributed by atoms with Crippen LogP contribution >= 0.6 is 0 Å². The lowest BCUT2D eigenvalue weighted by Crippen LogP contribution is -2.30. The molecule has 0 unspecified atom stereocenters. The topological polar surface area (TPSA) is 61.9 Å². The fourth-order valence-electron chi connectivity index (χ4n) is 3.92. The second kappa shape index (κ2) is 8.33. The Morgan fingerprint density at radius 2 is 2.00 bits per heavy atom. The van der Waals surface area contributed by atoms with Crippen LogP contribution in [0.5, 0.6) is 5.75 Å². The molecule has 2 atom stereocenters. The van der Waals surface area contributed by atoms with Crippen molar-refractivity contribution in [3.8, 4) is 5.75 Å². The van der Waals surface area contributed by atoms with E-state index in [2.05, 4.69) is 10.1 Å². The van der Waals surface area contributed by atoms with E-state index in [0.29, 0.717) is 37.1 Å². The molecule has 0 N–H and O–H groups in total. The highest BCUT2D eigenvalue weighted by molar-refractivity contribution is 5.25. The summed E-state index contributed by atoms with van der Waals surface area (Å²) in [5, 5.41) is 4.47. The minimum atomic E-state index is -0.675. The van der Waals surface area contributed by atoms with Crippen molar-refractivity contribution >= 4 is 0 Å². The molecule has 3 heterocycles. The van der Waals surface area contributed by atoms with Crippen LogP contribution in [0.2, 0.25) is 0 Å². The third kappa shape index (κ3) is 3.83. The van der Waals surface area contributed by atoms with Gasteiger partial charge in [0, 0.05) is 31.2 Å². The molecule has 1 aromatic carbocycles. The number of pyridine rings is 1. The van der Waals surface area contributed by atoms with E-state index in [-0.39, 0.29) is 24.1 Å². The number of halogens is 3. The van der Waals surface area contributed by atoms with Crippen molar-refractivity contribution < 1.29 is 17.9 Å². The van der Waals surface area contributed by atoms with Gasteiger partial charge in [0.15, 0.2) is 11.6 Å². The molecule has 0 spiro atoms. The standard InChI is InChI=1S/C21H21F3N4O2/c1-2-16(6-8-30-19-5-7-25-12-17(19)24)28-21(29)27-18(3-4-20(27)26-28)13-9-14(22)11-15(23)10-13/h5,7,9-12,16,18H,2-4,6,8H2,1H3/t16-,18-/m0/s1. The lowest BCUT2D eigenvalue weighted by molar-refractivity contribution is 0.254. The highest BCUT2D eigenvalue weighted by Crippen LogP contribution is 2.31. The van der Waals surface area contributed by atoms with E-state index >= 15 is 0 Å². The summed E-state index contributed by atoms with van der Waals surface area (Å²) in [7, 11) is 0. The first-order valence-electron chi connectivity index (χ1n) is 9.86. The normalized spacial score (nSPS) is 16.5. The molecule has 6 nitrogen and oxygen atoms in total. The summed E-state index contributed by atoms with van der Waals surface area (Å²) in [6.45, 7) is 2.13. The van der Waals surface area contributed by atoms with Gasteiger partial charge < -0.3 is 4.74 Å². The quantitative estimate of drug-likeness (QED) is 0.585. The van der Waals surface area contributed by atoms with Crippen molar-refractivity contribution in [1.82, 2.24) is 19.3 Å². The third-order valence-electron chi connectivity index (χ3n) is 5.39. The van der Waals surface area contributed by atoms with E-state index in [9.17, 15) is 18.0 Å². The van der Waals surface area contributed by atoms with Gasteiger partial charge in [-0.15, -0.1) is 0 Å². The van der Waals surface area contributed by atoms with Gasteiger partial charge in [-0.1, -0.05) is 6.92 Å². The highest BCUT2D eigenvalue weighted by atomic mass is 19.1. The zero-order chi connectivity index (χ0) is 21.3. The Hall–Kier alpha value is -3.10. The molecule has 2 aromatic heterocycles. The lowest BCUT2D eigenvalue weighted by atomic mass is 10.0. The fourth-order valence-corrected chi connectivity index (χ4v) is 3.92. The number of hydrogen-bond acceptors (Lipinski definition) is 4. The summed E-state index contributed by atoms with van der Waals surface area (Å²) in [5.74, 6) is -1.20.